The van der Waals surface area contributed by atoms with Gasteiger partial charge in [0.15, 0.2) is 0 Å². The molecule has 3 nitrogen and oxygen atoms in total. The topological polar surface area (TPSA) is 40.7 Å². The zero-order valence-corrected chi connectivity index (χ0v) is 12.5. The molecule has 1 atom stereocenters. The third-order valence-electron chi connectivity index (χ3n) is 3.27. The van der Waals surface area contributed by atoms with E-state index in [0.717, 1.165) is 12.2 Å². The Morgan fingerprint density at radius 3 is 2.42 bits per heavy atom. The summed E-state index contributed by atoms with van der Waals surface area (Å²) in [5.74, 6) is 0.555. The number of nitrogens with one attached hydrogen (secondary N) is 2. The van der Waals surface area contributed by atoms with E-state index in [1.165, 1.54) is 11.1 Å². The molecule has 1 aromatic heterocycles. The molecule has 0 saturated carbocycles. The first-order valence-corrected chi connectivity index (χ1v) is 6.45. The predicted octanol–water partition coefficient (Wildman–Crippen LogP) is 3.63. The van der Waals surface area contributed by atoms with Crippen LogP contribution in [0.4, 0.5) is 0 Å². The average molecular weight is 280 g/mol. The molecule has 0 fully saturated rings. The minimum atomic E-state index is 0. The Bertz CT molecular complexity index is 479. The van der Waals surface area contributed by atoms with Gasteiger partial charge in [-0.2, -0.15) is 5.10 Å². The van der Waals surface area contributed by atoms with Crippen LogP contribution in [0.1, 0.15) is 36.7 Å². The van der Waals surface area contributed by atoms with Gasteiger partial charge >= 0.3 is 0 Å². The number of aromatic amines is 1. The van der Waals surface area contributed by atoms with Crippen molar-refractivity contribution in [1.82, 2.24) is 15.5 Å². The van der Waals surface area contributed by atoms with Crippen LogP contribution in [-0.2, 0) is 6.54 Å². The molecule has 0 aliphatic carbocycles. The van der Waals surface area contributed by atoms with E-state index in [0.29, 0.717) is 12.0 Å². The van der Waals surface area contributed by atoms with E-state index >= 15 is 0 Å². The molecule has 1 heterocycles. The Hall–Kier alpha value is -1.32. The molecule has 0 amide bonds. The third kappa shape index (κ3) is 4.08. The van der Waals surface area contributed by atoms with Crippen molar-refractivity contribution in [2.45, 2.75) is 33.4 Å². The molecule has 0 bridgehead atoms. The lowest BCUT2D eigenvalue weighted by atomic mass is 9.96. The monoisotopic (exact) mass is 279 g/mol. The molecule has 2 N–H and O–H groups in total. The number of hydrogen-bond donors (Lipinski definition) is 2. The quantitative estimate of drug-likeness (QED) is 0.877. The second-order valence-corrected chi connectivity index (χ2v) is 5.03. The highest BCUT2D eigenvalue weighted by atomic mass is 35.5. The summed E-state index contributed by atoms with van der Waals surface area (Å²) < 4.78 is 0. The van der Waals surface area contributed by atoms with Gasteiger partial charge < -0.3 is 5.32 Å². The van der Waals surface area contributed by atoms with Crippen molar-refractivity contribution >= 4 is 12.4 Å². The molecule has 4 heteroatoms. The van der Waals surface area contributed by atoms with Gasteiger partial charge in [-0.1, -0.05) is 44.2 Å². The summed E-state index contributed by atoms with van der Waals surface area (Å²) in [4.78, 5) is 0. The normalized spacial score (nSPS) is 12.2. The van der Waals surface area contributed by atoms with Gasteiger partial charge in [0.2, 0.25) is 0 Å². The molecule has 2 aromatic rings. The number of H-pyrrole nitrogens is 1. The first-order chi connectivity index (χ1) is 8.68. The zero-order chi connectivity index (χ0) is 13.0. The third-order valence-corrected chi connectivity index (χ3v) is 3.27. The minimum Gasteiger partial charge on any atom is -0.306 e. The van der Waals surface area contributed by atoms with E-state index < -0.39 is 0 Å². The van der Waals surface area contributed by atoms with E-state index in [-0.39, 0.29) is 12.4 Å². The molecule has 19 heavy (non-hydrogen) atoms. The van der Waals surface area contributed by atoms with Crippen LogP contribution in [0.15, 0.2) is 36.5 Å². The summed E-state index contributed by atoms with van der Waals surface area (Å²) in [6.45, 7) is 7.39. The van der Waals surface area contributed by atoms with Crippen molar-refractivity contribution < 1.29 is 0 Å². The molecule has 0 spiro atoms. The number of aryl methyl sites for hydroxylation is 1. The minimum absolute atomic E-state index is 0. The van der Waals surface area contributed by atoms with Crippen LogP contribution in [0.2, 0.25) is 0 Å². The molecule has 0 radical (unpaired) electrons. The van der Waals surface area contributed by atoms with Gasteiger partial charge in [0.1, 0.15) is 0 Å². The first-order valence-electron chi connectivity index (χ1n) is 6.45. The molecule has 1 aromatic carbocycles. The molecule has 1 unspecified atom stereocenters. The average Bonchev–Trinajstić information content (AvgIpc) is 2.76. The summed E-state index contributed by atoms with van der Waals surface area (Å²) in [5, 5.41) is 10.6. The Labute approximate surface area is 121 Å². The highest BCUT2D eigenvalue weighted by molar-refractivity contribution is 5.85. The summed E-state index contributed by atoms with van der Waals surface area (Å²) in [5.41, 5.74) is 3.71. The van der Waals surface area contributed by atoms with Crippen LogP contribution in [0.5, 0.6) is 0 Å². The highest BCUT2D eigenvalue weighted by Crippen LogP contribution is 2.21. The van der Waals surface area contributed by atoms with E-state index in [9.17, 15) is 0 Å². The van der Waals surface area contributed by atoms with E-state index in [2.05, 4.69) is 66.6 Å². The van der Waals surface area contributed by atoms with Gasteiger partial charge in [-0.05, 0) is 18.4 Å². The second kappa shape index (κ2) is 7.31. The van der Waals surface area contributed by atoms with Gasteiger partial charge in [0.25, 0.3) is 0 Å². The van der Waals surface area contributed by atoms with Crippen LogP contribution < -0.4 is 5.32 Å². The van der Waals surface area contributed by atoms with Crippen LogP contribution in [0.3, 0.4) is 0 Å². The maximum Gasteiger partial charge on any atom is 0.0535 e. The lowest BCUT2D eigenvalue weighted by molar-refractivity contribution is 0.410. The molecule has 0 saturated heterocycles. The fourth-order valence-electron chi connectivity index (χ4n) is 2.17. The fraction of sp³-hybridized carbons (Fsp3) is 0.400. The lowest BCUT2D eigenvalue weighted by Crippen LogP contribution is -2.25. The Morgan fingerprint density at radius 1 is 1.21 bits per heavy atom. The number of rotatable bonds is 5. The summed E-state index contributed by atoms with van der Waals surface area (Å²) in [6.07, 6.45) is 1.89. The van der Waals surface area contributed by atoms with Gasteiger partial charge in [0.05, 0.1) is 6.20 Å². The number of benzene rings is 1. The number of halogens is 1. The van der Waals surface area contributed by atoms with Crippen molar-refractivity contribution in [3.63, 3.8) is 0 Å². The van der Waals surface area contributed by atoms with Crippen molar-refractivity contribution in [2.24, 2.45) is 5.92 Å². The van der Waals surface area contributed by atoms with E-state index in [1.54, 1.807) is 0 Å². The van der Waals surface area contributed by atoms with Gasteiger partial charge in [0, 0.05) is 23.8 Å². The molecular weight excluding hydrogens is 258 g/mol. The summed E-state index contributed by atoms with van der Waals surface area (Å²) in [6, 6.07) is 11.0. The van der Waals surface area contributed by atoms with Crippen LogP contribution in [-0.4, -0.2) is 10.2 Å². The Balaban J connectivity index is 0.00000180. The van der Waals surface area contributed by atoms with Crippen molar-refractivity contribution in [3.05, 3.63) is 53.3 Å². The molecule has 104 valence electrons. The van der Waals surface area contributed by atoms with Crippen LogP contribution >= 0.6 is 12.4 Å². The zero-order valence-electron chi connectivity index (χ0n) is 11.7. The SMILES string of the molecule is Cc1[nH]ncc1CNC(c1ccccc1)C(C)C.Cl. The Kier molecular flexibility index (Phi) is 6.06. The largest absolute Gasteiger partial charge is 0.306 e. The van der Waals surface area contributed by atoms with Gasteiger partial charge in [-0.15, -0.1) is 12.4 Å². The summed E-state index contributed by atoms with van der Waals surface area (Å²) >= 11 is 0. The maximum absolute atomic E-state index is 4.05. The second-order valence-electron chi connectivity index (χ2n) is 5.03. The smallest absolute Gasteiger partial charge is 0.0535 e. The lowest BCUT2D eigenvalue weighted by Gasteiger charge is -2.23. The molecule has 0 aliphatic heterocycles. The highest BCUT2D eigenvalue weighted by Gasteiger charge is 2.15. The van der Waals surface area contributed by atoms with E-state index in [4.69, 9.17) is 0 Å². The van der Waals surface area contributed by atoms with Crippen molar-refractivity contribution in [3.8, 4) is 0 Å². The first kappa shape index (κ1) is 15.7. The Morgan fingerprint density at radius 2 is 1.89 bits per heavy atom. The molecule has 2 rings (SSSR count). The molecule has 0 aliphatic rings. The number of hydrogen-bond acceptors (Lipinski definition) is 2. The van der Waals surface area contributed by atoms with Gasteiger partial charge in [-0.25, -0.2) is 0 Å². The summed E-state index contributed by atoms with van der Waals surface area (Å²) in [7, 11) is 0. The van der Waals surface area contributed by atoms with Crippen molar-refractivity contribution in [1.29, 1.82) is 0 Å². The van der Waals surface area contributed by atoms with Crippen LogP contribution in [0, 0.1) is 12.8 Å². The van der Waals surface area contributed by atoms with Gasteiger partial charge in [-0.3, -0.25) is 5.10 Å². The predicted molar refractivity (Wildman–Crippen MR) is 81.4 cm³/mol. The van der Waals surface area contributed by atoms with E-state index in [1.807, 2.05) is 6.20 Å². The molecular formula is C15H22ClN3. The number of aromatic nitrogens is 2. The number of nitrogens with zero attached hydrogens (tertiary/aromatic N) is 1. The maximum atomic E-state index is 4.05. The fourth-order valence-corrected chi connectivity index (χ4v) is 2.17. The standard InChI is InChI=1S/C15H21N3.ClH/c1-11(2)15(13-7-5-4-6-8-13)16-9-14-10-17-18-12(14)3;/h4-8,10-11,15-16H,9H2,1-3H3,(H,17,18);1H. The van der Waals surface area contributed by atoms with Crippen LogP contribution in [0.25, 0.3) is 0 Å². The van der Waals surface area contributed by atoms with Crippen molar-refractivity contribution in [2.75, 3.05) is 0 Å².